The number of fused-ring (bicyclic) bond motifs is 1. The normalized spacial score (nSPS) is 28.0. The molecule has 6 heteroatoms. The zero-order chi connectivity index (χ0) is 15.2. The highest BCUT2D eigenvalue weighted by molar-refractivity contribution is 6.05. The number of hydrogen-bond acceptors (Lipinski definition) is 4. The number of allylic oxidation sites excluding steroid dienone is 3. The van der Waals surface area contributed by atoms with Crippen molar-refractivity contribution in [3.63, 3.8) is 0 Å². The molecule has 2 unspecified atom stereocenters. The number of amides is 1. The Bertz CT molecular complexity index is 694. The number of anilines is 1. The fourth-order valence-electron chi connectivity index (χ4n) is 2.74. The van der Waals surface area contributed by atoms with Crippen molar-refractivity contribution in [1.29, 1.82) is 0 Å². The van der Waals surface area contributed by atoms with Crippen molar-refractivity contribution in [2.24, 2.45) is 5.92 Å². The van der Waals surface area contributed by atoms with Crippen LogP contribution in [-0.4, -0.2) is 27.9 Å². The van der Waals surface area contributed by atoms with Gasteiger partial charge in [-0.2, -0.15) is 0 Å². The molecule has 0 bridgehead atoms. The number of hydrogen-bond donors (Lipinski definition) is 1. The first kappa shape index (κ1) is 13.6. The Morgan fingerprint density at radius 1 is 1.52 bits per heavy atom. The summed E-state index contributed by atoms with van der Waals surface area (Å²) in [4.78, 5) is 28.6. The Morgan fingerprint density at radius 2 is 2.29 bits per heavy atom. The van der Waals surface area contributed by atoms with Crippen molar-refractivity contribution >= 4 is 18.0 Å². The summed E-state index contributed by atoms with van der Waals surface area (Å²) in [6, 6.07) is 2.97. The average molecular weight is 288 g/mol. The van der Waals surface area contributed by atoms with Gasteiger partial charge < -0.3 is 5.11 Å². The summed E-state index contributed by atoms with van der Waals surface area (Å²) >= 11 is 0. The van der Waals surface area contributed by atoms with Gasteiger partial charge in [-0.3, -0.25) is 14.5 Å². The quantitative estimate of drug-likeness (QED) is 0.842. The molecule has 1 aromatic heterocycles. The summed E-state index contributed by atoms with van der Waals surface area (Å²) in [5, 5.41) is 10.4. The van der Waals surface area contributed by atoms with Gasteiger partial charge in [0.1, 0.15) is 23.5 Å². The summed E-state index contributed by atoms with van der Waals surface area (Å²) in [6.45, 7) is 1.37. The standard InChI is InChI=1S/C15H13FN2O3/c1-15(21)11-7-10(16)2-3-12(11)18(14(15)20)13-6-9(8-19)4-5-17-13/h2-6,8,11,21H,7H2,1H3. The molecule has 1 N–H and O–H groups in total. The molecule has 2 aliphatic rings. The van der Waals surface area contributed by atoms with Crippen LogP contribution in [0.5, 0.6) is 0 Å². The lowest BCUT2D eigenvalue weighted by atomic mass is 9.85. The molecule has 2 heterocycles. The topological polar surface area (TPSA) is 70.5 Å². The van der Waals surface area contributed by atoms with Gasteiger partial charge in [-0.25, -0.2) is 9.37 Å². The van der Waals surface area contributed by atoms with Crippen LogP contribution in [-0.2, 0) is 4.79 Å². The van der Waals surface area contributed by atoms with Gasteiger partial charge in [0.25, 0.3) is 5.91 Å². The molecule has 0 aromatic carbocycles. The summed E-state index contributed by atoms with van der Waals surface area (Å²) in [5.74, 6) is -1.36. The van der Waals surface area contributed by atoms with Crippen LogP contribution in [0.2, 0.25) is 0 Å². The number of rotatable bonds is 2. The van der Waals surface area contributed by atoms with Gasteiger partial charge >= 0.3 is 0 Å². The maximum Gasteiger partial charge on any atom is 0.264 e. The molecule has 1 aliphatic heterocycles. The minimum Gasteiger partial charge on any atom is -0.380 e. The highest BCUT2D eigenvalue weighted by atomic mass is 19.1. The average Bonchev–Trinajstić information content (AvgIpc) is 2.67. The molecule has 0 spiro atoms. The first-order valence-electron chi connectivity index (χ1n) is 6.49. The Labute approximate surface area is 120 Å². The number of aromatic nitrogens is 1. The van der Waals surface area contributed by atoms with Crippen molar-refractivity contribution < 1.29 is 19.1 Å². The Kier molecular flexibility index (Phi) is 2.98. The maximum absolute atomic E-state index is 13.5. The monoisotopic (exact) mass is 288 g/mol. The predicted molar refractivity (Wildman–Crippen MR) is 73.1 cm³/mol. The zero-order valence-electron chi connectivity index (χ0n) is 11.3. The zero-order valence-corrected chi connectivity index (χ0v) is 11.3. The molecule has 0 saturated carbocycles. The van der Waals surface area contributed by atoms with Crippen LogP contribution in [0.3, 0.4) is 0 Å². The number of nitrogens with zero attached hydrogens (tertiary/aromatic N) is 2. The second kappa shape index (κ2) is 4.60. The van der Waals surface area contributed by atoms with Crippen LogP contribution in [0.15, 0.2) is 42.0 Å². The molecule has 108 valence electrons. The van der Waals surface area contributed by atoms with Gasteiger partial charge in [0.05, 0.1) is 0 Å². The lowest BCUT2D eigenvalue weighted by Crippen LogP contribution is -2.40. The third-order valence-electron chi connectivity index (χ3n) is 3.90. The molecule has 1 amide bonds. The molecule has 21 heavy (non-hydrogen) atoms. The van der Waals surface area contributed by atoms with Crippen LogP contribution in [0.4, 0.5) is 10.2 Å². The van der Waals surface area contributed by atoms with Crippen LogP contribution in [0.1, 0.15) is 23.7 Å². The number of carbonyl (C=O) groups excluding carboxylic acids is 2. The van der Waals surface area contributed by atoms with E-state index in [0.717, 1.165) is 0 Å². The van der Waals surface area contributed by atoms with E-state index in [0.29, 0.717) is 17.5 Å². The Balaban J connectivity index is 2.12. The summed E-state index contributed by atoms with van der Waals surface area (Å²) in [6.07, 6.45) is 4.77. The largest absolute Gasteiger partial charge is 0.380 e. The van der Waals surface area contributed by atoms with Gasteiger partial charge in [-0.1, -0.05) is 0 Å². The second-order valence-electron chi connectivity index (χ2n) is 5.32. The van der Waals surface area contributed by atoms with Gasteiger partial charge in [0, 0.05) is 29.8 Å². The van der Waals surface area contributed by atoms with E-state index in [-0.39, 0.29) is 18.1 Å². The Morgan fingerprint density at radius 3 is 3.00 bits per heavy atom. The third-order valence-corrected chi connectivity index (χ3v) is 3.90. The number of aliphatic hydroxyl groups is 1. The lowest BCUT2D eigenvalue weighted by molar-refractivity contribution is -0.134. The van der Waals surface area contributed by atoms with Crippen molar-refractivity contribution in [2.45, 2.75) is 18.9 Å². The van der Waals surface area contributed by atoms with Crippen molar-refractivity contribution in [2.75, 3.05) is 4.90 Å². The molecule has 1 fully saturated rings. The summed E-state index contributed by atoms with van der Waals surface area (Å²) in [7, 11) is 0. The molecule has 1 saturated heterocycles. The predicted octanol–water partition coefficient (Wildman–Crippen LogP) is 1.75. The number of carbonyl (C=O) groups is 2. The lowest BCUT2D eigenvalue weighted by Gasteiger charge is -2.23. The van der Waals surface area contributed by atoms with Crippen LogP contribution < -0.4 is 4.90 Å². The van der Waals surface area contributed by atoms with Gasteiger partial charge in [0.15, 0.2) is 0 Å². The third kappa shape index (κ3) is 1.99. The summed E-state index contributed by atoms with van der Waals surface area (Å²) < 4.78 is 13.5. The van der Waals surface area contributed by atoms with Crippen molar-refractivity contribution in [3.8, 4) is 0 Å². The summed E-state index contributed by atoms with van der Waals surface area (Å²) in [5.41, 5.74) is -0.841. The van der Waals surface area contributed by atoms with Crippen LogP contribution in [0, 0.1) is 5.92 Å². The van der Waals surface area contributed by atoms with Crippen molar-refractivity contribution in [1.82, 2.24) is 4.98 Å². The smallest absolute Gasteiger partial charge is 0.264 e. The molecule has 3 rings (SSSR count). The van der Waals surface area contributed by atoms with Crippen LogP contribution in [0.25, 0.3) is 0 Å². The van der Waals surface area contributed by atoms with Gasteiger partial charge in [-0.05, 0) is 31.2 Å². The van der Waals surface area contributed by atoms with Gasteiger partial charge in [-0.15, -0.1) is 0 Å². The number of pyridine rings is 1. The van der Waals surface area contributed by atoms with Crippen LogP contribution >= 0.6 is 0 Å². The highest BCUT2D eigenvalue weighted by Crippen LogP contribution is 2.45. The van der Waals surface area contributed by atoms with E-state index >= 15 is 0 Å². The Hall–Kier alpha value is -2.34. The van der Waals surface area contributed by atoms with E-state index in [4.69, 9.17) is 0 Å². The van der Waals surface area contributed by atoms with E-state index in [1.54, 1.807) is 0 Å². The first-order valence-corrected chi connectivity index (χ1v) is 6.49. The van der Waals surface area contributed by atoms with E-state index in [1.165, 1.54) is 42.3 Å². The second-order valence-corrected chi connectivity index (χ2v) is 5.32. The van der Waals surface area contributed by atoms with Gasteiger partial charge in [0.2, 0.25) is 0 Å². The van der Waals surface area contributed by atoms with Crippen molar-refractivity contribution in [3.05, 3.63) is 47.6 Å². The highest BCUT2D eigenvalue weighted by Gasteiger charge is 2.54. The maximum atomic E-state index is 13.5. The van der Waals surface area contributed by atoms with E-state index in [2.05, 4.69) is 4.98 Å². The SMILES string of the molecule is CC1(O)C(=O)N(c2cc(C=O)ccn2)C2=CC=C(F)CC21. The molecular formula is C15H13FN2O3. The van der Waals surface area contributed by atoms with E-state index in [9.17, 15) is 19.1 Å². The number of halogens is 1. The molecule has 0 radical (unpaired) electrons. The van der Waals surface area contributed by atoms with E-state index < -0.39 is 17.4 Å². The number of aldehydes is 1. The molecule has 5 nitrogen and oxygen atoms in total. The molecule has 2 atom stereocenters. The molecule has 1 aliphatic carbocycles. The minimum atomic E-state index is -1.70. The fraction of sp³-hybridized carbons (Fsp3) is 0.267. The molecule has 1 aromatic rings. The fourth-order valence-corrected chi connectivity index (χ4v) is 2.74. The minimum absolute atomic E-state index is 0.0333. The first-order chi connectivity index (χ1) is 9.95. The molecular weight excluding hydrogens is 275 g/mol. The van der Waals surface area contributed by atoms with E-state index in [1.807, 2.05) is 0 Å².